The van der Waals surface area contributed by atoms with Crippen LogP contribution in [0.4, 0.5) is 0 Å². The molecule has 1 fully saturated rings. The van der Waals surface area contributed by atoms with Crippen LogP contribution in [0, 0.1) is 5.92 Å². The molecule has 0 aromatic carbocycles. The Bertz CT molecular complexity index is 457. The van der Waals surface area contributed by atoms with Gasteiger partial charge in [0.2, 0.25) is 0 Å². The van der Waals surface area contributed by atoms with Crippen molar-refractivity contribution in [3.05, 3.63) is 15.6 Å². The van der Waals surface area contributed by atoms with Crippen molar-refractivity contribution in [1.82, 2.24) is 9.88 Å². The highest BCUT2D eigenvalue weighted by Crippen LogP contribution is 2.31. The Morgan fingerprint density at radius 2 is 2.25 bits per heavy atom. The van der Waals surface area contributed by atoms with Crippen LogP contribution in [0.3, 0.4) is 0 Å². The van der Waals surface area contributed by atoms with Crippen LogP contribution >= 0.6 is 11.3 Å². The Kier molecular flexibility index (Phi) is 4.43. The first-order valence-electron chi connectivity index (χ1n) is 8.03. The minimum atomic E-state index is -0.232. The quantitative estimate of drug-likeness (QED) is 0.931. The second-order valence-electron chi connectivity index (χ2n) is 6.60. The van der Waals surface area contributed by atoms with E-state index < -0.39 is 0 Å². The monoisotopic (exact) mass is 294 g/mol. The molecule has 1 aliphatic heterocycles. The average molecular weight is 294 g/mol. The molecular formula is C16H26N2OS. The number of fused-ring (bicyclic) bond motifs is 1. The molecule has 4 heteroatoms. The predicted octanol–water partition coefficient (Wildman–Crippen LogP) is 3.00. The van der Waals surface area contributed by atoms with Crippen LogP contribution in [0.2, 0.25) is 0 Å². The third-order valence-corrected chi connectivity index (χ3v) is 5.89. The Hall–Kier alpha value is -0.450. The van der Waals surface area contributed by atoms with E-state index >= 15 is 0 Å². The molecular weight excluding hydrogens is 268 g/mol. The highest BCUT2D eigenvalue weighted by Gasteiger charge is 2.28. The van der Waals surface area contributed by atoms with Crippen LogP contribution in [-0.2, 0) is 19.4 Å². The van der Waals surface area contributed by atoms with Gasteiger partial charge in [-0.3, -0.25) is 4.90 Å². The molecule has 0 bridgehead atoms. The fourth-order valence-corrected chi connectivity index (χ4v) is 4.90. The maximum Gasteiger partial charge on any atom is 0.107 e. The Balaban J connectivity index is 1.70. The van der Waals surface area contributed by atoms with E-state index in [0.29, 0.717) is 6.04 Å². The second kappa shape index (κ2) is 6.12. The zero-order valence-electron chi connectivity index (χ0n) is 12.6. The van der Waals surface area contributed by atoms with Crippen molar-refractivity contribution in [2.24, 2.45) is 5.92 Å². The first-order valence-corrected chi connectivity index (χ1v) is 8.84. The van der Waals surface area contributed by atoms with Crippen LogP contribution in [-0.4, -0.2) is 33.7 Å². The molecule has 3 nitrogen and oxygen atoms in total. The molecule has 1 aromatic rings. The molecule has 3 rings (SSSR count). The molecule has 20 heavy (non-hydrogen) atoms. The number of piperidine rings is 1. The molecule has 3 unspecified atom stereocenters. The topological polar surface area (TPSA) is 36.4 Å². The Morgan fingerprint density at radius 3 is 3.05 bits per heavy atom. The molecule has 2 heterocycles. The lowest BCUT2D eigenvalue weighted by molar-refractivity contribution is 0.0316. The molecule has 2 aliphatic rings. The highest BCUT2D eigenvalue weighted by atomic mass is 32.1. The fraction of sp³-hybridized carbons (Fsp3) is 0.812. The van der Waals surface area contributed by atoms with E-state index in [0.717, 1.165) is 31.8 Å². The van der Waals surface area contributed by atoms with Crippen LogP contribution < -0.4 is 0 Å². The van der Waals surface area contributed by atoms with Crippen molar-refractivity contribution in [3.8, 4) is 0 Å². The van der Waals surface area contributed by atoms with Gasteiger partial charge in [-0.2, -0.15) is 0 Å². The van der Waals surface area contributed by atoms with Gasteiger partial charge in [0.25, 0.3) is 0 Å². The summed E-state index contributed by atoms with van der Waals surface area (Å²) >= 11 is 1.91. The second-order valence-corrected chi connectivity index (χ2v) is 7.77. The van der Waals surface area contributed by atoms with Crippen molar-refractivity contribution >= 4 is 11.3 Å². The van der Waals surface area contributed by atoms with Crippen molar-refractivity contribution in [1.29, 1.82) is 0 Å². The number of aromatic nitrogens is 1. The lowest BCUT2D eigenvalue weighted by atomic mass is 9.93. The van der Waals surface area contributed by atoms with E-state index in [9.17, 15) is 5.11 Å². The van der Waals surface area contributed by atoms with Gasteiger partial charge in [0.1, 0.15) is 5.01 Å². The summed E-state index contributed by atoms with van der Waals surface area (Å²) < 4.78 is 0. The van der Waals surface area contributed by atoms with Crippen molar-refractivity contribution in [2.45, 2.75) is 71.1 Å². The first-order chi connectivity index (χ1) is 9.63. The summed E-state index contributed by atoms with van der Waals surface area (Å²) in [5.74, 6) is 0.816. The number of aryl methyl sites for hydroxylation is 1. The van der Waals surface area contributed by atoms with Gasteiger partial charge in [0.15, 0.2) is 0 Å². The normalized spacial score (nSPS) is 29.1. The third-order valence-electron chi connectivity index (χ3n) is 4.79. The largest absolute Gasteiger partial charge is 0.392 e. The molecule has 0 amide bonds. The number of likely N-dealkylation sites (tertiary alicyclic amines) is 1. The summed E-state index contributed by atoms with van der Waals surface area (Å²) in [7, 11) is 0. The van der Waals surface area contributed by atoms with Gasteiger partial charge in [-0.25, -0.2) is 4.98 Å². The van der Waals surface area contributed by atoms with Crippen LogP contribution in [0.5, 0.6) is 0 Å². The number of nitrogens with zero attached hydrogens (tertiary/aromatic N) is 2. The van der Waals surface area contributed by atoms with Gasteiger partial charge in [0.05, 0.1) is 18.3 Å². The van der Waals surface area contributed by atoms with Gasteiger partial charge < -0.3 is 5.11 Å². The Morgan fingerprint density at radius 1 is 1.40 bits per heavy atom. The lowest BCUT2D eigenvalue weighted by Crippen LogP contribution is -2.45. The van der Waals surface area contributed by atoms with Gasteiger partial charge in [-0.15, -0.1) is 11.3 Å². The van der Waals surface area contributed by atoms with Gasteiger partial charge in [-0.05, 0) is 51.5 Å². The fourth-order valence-electron chi connectivity index (χ4n) is 3.59. The number of aliphatic hydroxyl groups excluding tert-OH is 1. The number of hydrogen-bond donors (Lipinski definition) is 1. The maximum absolute atomic E-state index is 9.96. The van der Waals surface area contributed by atoms with Crippen LogP contribution in [0.1, 0.15) is 55.1 Å². The molecule has 1 aromatic heterocycles. The number of thiazole rings is 1. The molecule has 0 radical (unpaired) electrons. The Labute approximate surface area is 126 Å². The van der Waals surface area contributed by atoms with E-state index in [1.165, 1.54) is 41.3 Å². The smallest absolute Gasteiger partial charge is 0.107 e. The maximum atomic E-state index is 9.96. The minimum absolute atomic E-state index is 0.232. The van der Waals surface area contributed by atoms with Crippen molar-refractivity contribution in [3.63, 3.8) is 0 Å². The van der Waals surface area contributed by atoms with E-state index in [4.69, 9.17) is 4.98 Å². The van der Waals surface area contributed by atoms with Crippen molar-refractivity contribution < 1.29 is 5.11 Å². The average Bonchev–Trinajstić information content (AvgIpc) is 2.80. The molecule has 1 aliphatic carbocycles. The standard InChI is InChI=1S/C16H26N2OS/c1-11-6-7-13-15(9-11)20-16(17-13)10-18-8-4-3-5-14(18)12(2)19/h11-12,14,19H,3-10H2,1-2H3. The minimum Gasteiger partial charge on any atom is -0.392 e. The zero-order valence-corrected chi connectivity index (χ0v) is 13.5. The highest BCUT2D eigenvalue weighted by molar-refractivity contribution is 7.11. The first kappa shape index (κ1) is 14.5. The summed E-state index contributed by atoms with van der Waals surface area (Å²) in [6.45, 7) is 6.31. The van der Waals surface area contributed by atoms with Gasteiger partial charge >= 0.3 is 0 Å². The number of hydrogen-bond acceptors (Lipinski definition) is 4. The third kappa shape index (κ3) is 3.07. The summed E-state index contributed by atoms with van der Waals surface area (Å²) in [6.07, 6.45) is 7.06. The molecule has 3 atom stereocenters. The number of rotatable bonds is 3. The van der Waals surface area contributed by atoms with Crippen molar-refractivity contribution in [2.75, 3.05) is 6.54 Å². The summed E-state index contributed by atoms with van der Waals surface area (Å²) in [5, 5.41) is 11.2. The molecule has 112 valence electrons. The van der Waals surface area contributed by atoms with Crippen LogP contribution in [0.15, 0.2) is 0 Å². The van der Waals surface area contributed by atoms with E-state index in [1.54, 1.807) is 0 Å². The van der Waals surface area contributed by atoms with E-state index in [2.05, 4.69) is 11.8 Å². The summed E-state index contributed by atoms with van der Waals surface area (Å²) in [4.78, 5) is 8.83. The number of aliphatic hydroxyl groups is 1. The van der Waals surface area contributed by atoms with E-state index in [-0.39, 0.29) is 6.10 Å². The summed E-state index contributed by atoms with van der Waals surface area (Å²) in [5.41, 5.74) is 1.36. The molecule has 0 saturated carbocycles. The lowest BCUT2D eigenvalue weighted by Gasteiger charge is -2.36. The van der Waals surface area contributed by atoms with Gasteiger partial charge in [-0.1, -0.05) is 13.3 Å². The van der Waals surface area contributed by atoms with Gasteiger partial charge in [0, 0.05) is 10.9 Å². The molecule has 1 N–H and O–H groups in total. The van der Waals surface area contributed by atoms with Crippen LogP contribution in [0.25, 0.3) is 0 Å². The predicted molar refractivity (Wildman–Crippen MR) is 83.0 cm³/mol. The zero-order chi connectivity index (χ0) is 14.1. The SMILES string of the molecule is CC1CCc2nc(CN3CCCCC3C(C)O)sc2C1. The van der Waals surface area contributed by atoms with E-state index in [1.807, 2.05) is 18.3 Å². The molecule has 0 spiro atoms. The summed E-state index contributed by atoms with van der Waals surface area (Å²) in [6, 6.07) is 0.323. The molecule has 1 saturated heterocycles.